The number of pyridine rings is 1. The quantitative estimate of drug-likeness (QED) is 0.907. The Morgan fingerprint density at radius 2 is 1.87 bits per heavy atom. The van der Waals surface area contributed by atoms with E-state index in [1.807, 2.05) is 23.4 Å². The number of hydrogen-bond donors (Lipinski definition) is 1. The van der Waals surface area contributed by atoms with E-state index in [0.29, 0.717) is 12.0 Å². The lowest BCUT2D eigenvalue weighted by atomic mass is 9.91. The predicted molar refractivity (Wildman–Crippen MR) is 90.0 cm³/mol. The monoisotopic (exact) mass is 313 g/mol. The van der Waals surface area contributed by atoms with E-state index in [2.05, 4.69) is 16.4 Å². The average molecular weight is 313 g/mol. The van der Waals surface area contributed by atoms with E-state index in [1.165, 1.54) is 31.2 Å². The van der Waals surface area contributed by atoms with Crippen LogP contribution >= 0.6 is 0 Å². The fraction of sp³-hybridized carbons (Fsp3) is 0.684. The summed E-state index contributed by atoms with van der Waals surface area (Å²) in [7, 11) is 0. The molecule has 0 unspecified atom stereocenters. The first-order valence-electron chi connectivity index (χ1n) is 9.24. The lowest BCUT2D eigenvalue weighted by Crippen LogP contribution is -2.49. The minimum absolute atomic E-state index is 0.189. The molecule has 0 spiro atoms. The Morgan fingerprint density at radius 3 is 2.43 bits per heavy atom. The molecule has 4 nitrogen and oxygen atoms in total. The van der Waals surface area contributed by atoms with Crippen molar-refractivity contribution < 1.29 is 4.79 Å². The molecule has 0 aromatic carbocycles. The molecule has 0 radical (unpaired) electrons. The maximum Gasteiger partial charge on any atom is 0.317 e. The Bertz CT molecular complexity index is 519. The number of carbonyl (C=O) groups is 1. The normalized spacial score (nSPS) is 22.4. The van der Waals surface area contributed by atoms with Gasteiger partial charge in [0.2, 0.25) is 0 Å². The van der Waals surface area contributed by atoms with Gasteiger partial charge in [0.05, 0.1) is 0 Å². The molecule has 2 amide bonds. The van der Waals surface area contributed by atoms with Gasteiger partial charge in [-0.1, -0.05) is 6.07 Å². The number of hydrogen-bond acceptors (Lipinski definition) is 2. The molecule has 124 valence electrons. The highest BCUT2D eigenvalue weighted by Gasteiger charge is 2.42. The van der Waals surface area contributed by atoms with Gasteiger partial charge < -0.3 is 10.2 Å². The van der Waals surface area contributed by atoms with Crippen LogP contribution in [0.1, 0.15) is 44.1 Å². The summed E-state index contributed by atoms with van der Waals surface area (Å²) in [6.45, 7) is 1.80. The van der Waals surface area contributed by atoms with Crippen molar-refractivity contribution in [2.75, 3.05) is 13.1 Å². The number of piperidine rings is 1. The second kappa shape index (κ2) is 6.50. The molecular weight excluding hydrogens is 286 g/mol. The zero-order valence-electron chi connectivity index (χ0n) is 13.8. The van der Waals surface area contributed by atoms with E-state index >= 15 is 0 Å². The lowest BCUT2D eigenvalue weighted by molar-refractivity contribution is 0.164. The van der Waals surface area contributed by atoms with Gasteiger partial charge in [-0.05, 0) is 74.3 Å². The van der Waals surface area contributed by atoms with Gasteiger partial charge >= 0.3 is 6.03 Å². The van der Waals surface area contributed by atoms with E-state index < -0.39 is 0 Å². The molecule has 1 saturated heterocycles. The molecular formula is C19H27N3O. The first kappa shape index (κ1) is 15.0. The molecule has 1 aromatic heterocycles. The number of urea groups is 1. The van der Waals surface area contributed by atoms with Crippen molar-refractivity contribution in [3.05, 3.63) is 30.1 Å². The molecule has 3 fully saturated rings. The van der Waals surface area contributed by atoms with Gasteiger partial charge in [-0.3, -0.25) is 4.98 Å². The molecule has 1 N–H and O–H groups in total. The van der Waals surface area contributed by atoms with Crippen molar-refractivity contribution in [2.45, 2.75) is 51.0 Å². The summed E-state index contributed by atoms with van der Waals surface area (Å²) in [5.74, 6) is 2.23. The van der Waals surface area contributed by atoms with Crippen LogP contribution < -0.4 is 5.32 Å². The Balaban J connectivity index is 1.25. The number of nitrogens with one attached hydrogen (secondary N) is 1. The van der Waals surface area contributed by atoms with E-state index in [9.17, 15) is 4.79 Å². The lowest BCUT2D eigenvalue weighted by Gasteiger charge is -2.33. The highest BCUT2D eigenvalue weighted by atomic mass is 16.2. The first-order valence-corrected chi connectivity index (χ1v) is 9.24. The number of likely N-dealkylation sites (tertiary alicyclic amines) is 1. The smallest absolute Gasteiger partial charge is 0.317 e. The van der Waals surface area contributed by atoms with Gasteiger partial charge in [0.25, 0.3) is 0 Å². The summed E-state index contributed by atoms with van der Waals surface area (Å²) in [6, 6.07) is 4.82. The van der Waals surface area contributed by atoms with Crippen molar-refractivity contribution in [3.63, 3.8) is 0 Å². The Labute approximate surface area is 138 Å². The molecule has 2 heterocycles. The topological polar surface area (TPSA) is 45.2 Å². The van der Waals surface area contributed by atoms with Gasteiger partial charge in [0.1, 0.15) is 0 Å². The van der Waals surface area contributed by atoms with Crippen LogP contribution in [0.2, 0.25) is 0 Å². The van der Waals surface area contributed by atoms with Gasteiger partial charge in [0, 0.05) is 31.5 Å². The number of nitrogens with zero attached hydrogens (tertiary/aromatic N) is 2. The molecule has 0 atom stereocenters. The number of amides is 2. The molecule has 23 heavy (non-hydrogen) atoms. The van der Waals surface area contributed by atoms with Crippen molar-refractivity contribution in [2.24, 2.45) is 17.8 Å². The second-order valence-electron chi connectivity index (χ2n) is 7.65. The molecule has 2 saturated carbocycles. The maximum absolute atomic E-state index is 12.5. The zero-order chi connectivity index (χ0) is 15.6. The van der Waals surface area contributed by atoms with Crippen molar-refractivity contribution in [1.29, 1.82) is 0 Å². The van der Waals surface area contributed by atoms with E-state index in [1.54, 1.807) is 0 Å². The third-order valence-corrected chi connectivity index (χ3v) is 5.70. The molecule has 0 bridgehead atoms. The third kappa shape index (κ3) is 3.85. The van der Waals surface area contributed by atoms with Crippen LogP contribution in [0, 0.1) is 17.8 Å². The number of carbonyl (C=O) groups excluding carboxylic acids is 1. The molecule has 1 aromatic rings. The van der Waals surface area contributed by atoms with Gasteiger partial charge in [-0.2, -0.15) is 0 Å². The second-order valence-corrected chi connectivity index (χ2v) is 7.65. The minimum Gasteiger partial charge on any atom is -0.335 e. The van der Waals surface area contributed by atoms with E-state index in [4.69, 9.17) is 0 Å². The van der Waals surface area contributed by atoms with Crippen molar-refractivity contribution >= 4 is 6.03 Å². The maximum atomic E-state index is 12.5. The van der Waals surface area contributed by atoms with Gasteiger partial charge in [0.15, 0.2) is 0 Å². The van der Waals surface area contributed by atoms with E-state index in [0.717, 1.165) is 44.2 Å². The highest BCUT2D eigenvalue weighted by molar-refractivity contribution is 5.74. The first-order chi connectivity index (χ1) is 11.3. The van der Waals surface area contributed by atoms with Crippen molar-refractivity contribution in [3.8, 4) is 0 Å². The number of rotatable bonds is 5. The summed E-state index contributed by atoms with van der Waals surface area (Å²) in [4.78, 5) is 18.8. The standard InChI is InChI=1S/C19H27N3O/c23-19(21-18(16-3-4-16)17-5-6-17)22-10-7-14(8-11-22)12-15-2-1-9-20-13-15/h1-2,9,13-14,16-18H,3-8,10-12H2,(H,21,23). The van der Waals surface area contributed by atoms with Crippen LogP contribution in [-0.4, -0.2) is 35.0 Å². The summed E-state index contributed by atoms with van der Waals surface area (Å²) in [5, 5.41) is 3.35. The van der Waals surface area contributed by atoms with Crippen LogP contribution in [0.15, 0.2) is 24.5 Å². The largest absolute Gasteiger partial charge is 0.335 e. The minimum atomic E-state index is 0.189. The third-order valence-electron chi connectivity index (χ3n) is 5.70. The molecule has 1 aliphatic heterocycles. The van der Waals surface area contributed by atoms with Crippen LogP contribution in [0.4, 0.5) is 4.79 Å². The summed E-state index contributed by atoms with van der Waals surface area (Å²) >= 11 is 0. The van der Waals surface area contributed by atoms with Crippen LogP contribution in [0.25, 0.3) is 0 Å². The summed E-state index contributed by atoms with van der Waals surface area (Å²) < 4.78 is 0. The van der Waals surface area contributed by atoms with Gasteiger partial charge in [-0.15, -0.1) is 0 Å². The highest BCUT2D eigenvalue weighted by Crippen LogP contribution is 2.44. The Kier molecular flexibility index (Phi) is 4.23. The molecule has 4 heteroatoms. The zero-order valence-corrected chi connectivity index (χ0v) is 13.8. The summed E-state index contributed by atoms with van der Waals surface area (Å²) in [5.41, 5.74) is 1.32. The predicted octanol–water partition coefficient (Wildman–Crippen LogP) is 3.23. The molecule has 4 rings (SSSR count). The van der Waals surface area contributed by atoms with Crippen LogP contribution in [0.3, 0.4) is 0 Å². The molecule has 3 aliphatic rings. The fourth-order valence-corrected chi connectivity index (χ4v) is 3.96. The molecule has 2 aliphatic carbocycles. The van der Waals surface area contributed by atoms with Crippen molar-refractivity contribution in [1.82, 2.24) is 15.2 Å². The van der Waals surface area contributed by atoms with Crippen LogP contribution in [-0.2, 0) is 6.42 Å². The summed E-state index contributed by atoms with van der Waals surface area (Å²) in [6.07, 6.45) is 12.4. The Morgan fingerprint density at radius 1 is 1.17 bits per heavy atom. The SMILES string of the molecule is O=C(NC(C1CC1)C1CC1)N1CCC(Cc2cccnc2)CC1. The Hall–Kier alpha value is -1.58. The van der Waals surface area contributed by atoms with Gasteiger partial charge in [-0.25, -0.2) is 4.79 Å². The van der Waals surface area contributed by atoms with E-state index in [-0.39, 0.29) is 6.03 Å². The average Bonchev–Trinajstić information content (AvgIpc) is 3.48. The fourth-order valence-electron chi connectivity index (χ4n) is 3.96. The van der Waals surface area contributed by atoms with Crippen LogP contribution in [0.5, 0.6) is 0 Å². The number of aromatic nitrogens is 1.